The van der Waals surface area contributed by atoms with E-state index in [1.807, 2.05) is 25.1 Å². The smallest absolute Gasteiger partial charge is 0.189 e. The lowest BCUT2D eigenvalue weighted by atomic mass is 10.1. The van der Waals surface area contributed by atoms with Crippen molar-refractivity contribution in [1.82, 2.24) is 30.7 Å². The molecule has 2 aromatic heterocycles. The zero-order valence-electron chi connectivity index (χ0n) is 12.9. The van der Waals surface area contributed by atoms with Gasteiger partial charge < -0.3 is 16.0 Å². The zero-order valence-corrected chi connectivity index (χ0v) is 12.9. The second-order valence-corrected chi connectivity index (χ2v) is 5.65. The first-order chi connectivity index (χ1) is 11.2. The van der Waals surface area contributed by atoms with Crippen molar-refractivity contribution in [3.05, 3.63) is 23.9 Å². The van der Waals surface area contributed by atoms with Gasteiger partial charge in [-0.1, -0.05) is 0 Å². The number of nitrogens with zero attached hydrogens (tertiary/aromatic N) is 5. The van der Waals surface area contributed by atoms with Gasteiger partial charge in [-0.05, 0) is 25.1 Å². The van der Waals surface area contributed by atoms with E-state index in [1.165, 1.54) is 0 Å². The van der Waals surface area contributed by atoms with E-state index in [2.05, 4.69) is 35.6 Å². The number of hydrogen-bond acceptors (Lipinski definition) is 7. The summed E-state index contributed by atoms with van der Waals surface area (Å²) in [5.74, 6) is 1.66. The van der Waals surface area contributed by atoms with Crippen LogP contribution in [0.15, 0.2) is 18.2 Å². The number of anilines is 2. The van der Waals surface area contributed by atoms with Crippen LogP contribution < -0.4 is 16.0 Å². The van der Waals surface area contributed by atoms with Crippen LogP contribution in [-0.2, 0) is 0 Å². The molecule has 1 saturated heterocycles. The Morgan fingerprint density at radius 2 is 2.00 bits per heavy atom. The molecule has 3 aromatic rings. The minimum atomic E-state index is 0.371. The van der Waals surface area contributed by atoms with Gasteiger partial charge in [0.2, 0.25) is 0 Å². The Kier molecular flexibility index (Phi) is 3.30. The SMILES string of the molecule is Cc1n[nH]c2ccc(-c3nnc(N)c(N4CCNCC4)n3)cc12. The number of fused-ring (bicyclic) bond motifs is 1. The van der Waals surface area contributed by atoms with Crippen LogP contribution in [-0.4, -0.2) is 51.6 Å². The highest BCUT2D eigenvalue weighted by molar-refractivity contribution is 5.85. The molecule has 1 aliphatic heterocycles. The Morgan fingerprint density at radius 3 is 2.83 bits per heavy atom. The summed E-state index contributed by atoms with van der Waals surface area (Å²) in [6, 6.07) is 5.98. The van der Waals surface area contributed by atoms with Crippen molar-refractivity contribution >= 4 is 22.5 Å². The van der Waals surface area contributed by atoms with Crippen LogP contribution in [0.4, 0.5) is 11.6 Å². The van der Waals surface area contributed by atoms with Crippen LogP contribution >= 0.6 is 0 Å². The van der Waals surface area contributed by atoms with Gasteiger partial charge in [-0.2, -0.15) is 5.10 Å². The van der Waals surface area contributed by atoms with Crippen LogP contribution in [0.25, 0.3) is 22.3 Å². The normalized spacial score (nSPS) is 15.3. The lowest BCUT2D eigenvalue weighted by Crippen LogP contribution is -2.44. The first-order valence-electron chi connectivity index (χ1n) is 7.63. The number of H-pyrrole nitrogens is 1. The molecule has 0 unspecified atom stereocenters. The molecule has 118 valence electrons. The molecule has 1 aromatic carbocycles. The highest BCUT2D eigenvalue weighted by Gasteiger charge is 2.17. The number of rotatable bonds is 2. The molecular formula is C15H18N8. The van der Waals surface area contributed by atoms with Crippen molar-refractivity contribution in [3.63, 3.8) is 0 Å². The van der Waals surface area contributed by atoms with E-state index in [9.17, 15) is 0 Å². The zero-order chi connectivity index (χ0) is 15.8. The highest BCUT2D eigenvalue weighted by atomic mass is 15.3. The summed E-state index contributed by atoms with van der Waals surface area (Å²) in [5.41, 5.74) is 8.84. The number of nitrogens with one attached hydrogen (secondary N) is 2. The Morgan fingerprint density at radius 1 is 1.17 bits per heavy atom. The molecule has 1 aliphatic rings. The van der Waals surface area contributed by atoms with E-state index in [0.29, 0.717) is 17.5 Å². The average Bonchev–Trinajstić information content (AvgIpc) is 2.97. The number of aromatic nitrogens is 5. The maximum absolute atomic E-state index is 5.98. The maximum Gasteiger partial charge on any atom is 0.189 e. The largest absolute Gasteiger partial charge is 0.379 e. The van der Waals surface area contributed by atoms with Gasteiger partial charge in [0, 0.05) is 37.1 Å². The number of piperazine rings is 1. The van der Waals surface area contributed by atoms with Crippen LogP contribution in [0, 0.1) is 6.92 Å². The number of aryl methyl sites for hydroxylation is 1. The van der Waals surface area contributed by atoms with Gasteiger partial charge >= 0.3 is 0 Å². The fourth-order valence-corrected chi connectivity index (χ4v) is 2.84. The molecule has 4 N–H and O–H groups in total. The van der Waals surface area contributed by atoms with Gasteiger partial charge in [0.15, 0.2) is 17.5 Å². The van der Waals surface area contributed by atoms with E-state index in [-0.39, 0.29) is 0 Å². The number of nitrogen functional groups attached to an aromatic ring is 1. The van der Waals surface area contributed by atoms with E-state index < -0.39 is 0 Å². The van der Waals surface area contributed by atoms with Crippen molar-refractivity contribution in [2.75, 3.05) is 36.8 Å². The molecule has 0 saturated carbocycles. The monoisotopic (exact) mass is 310 g/mol. The average molecular weight is 310 g/mol. The van der Waals surface area contributed by atoms with E-state index in [0.717, 1.165) is 48.3 Å². The molecule has 8 heteroatoms. The molecule has 0 aliphatic carbocycles. The molecular weight excluding hydrogens is 292 g/mol. The highest BCUT2D eigenvalue weighted by Crippen LogP contribution is 2.25. The quantitative estimate of drug-likeness (QED) is 0.639. The van der Waals surface area contributed by atoms with E-state index >= 15 is 0 Å². The molecule has 0 atom stereocenters. The van der Waals surface area contributed by atoms with Gasteiger partial charge in [0.1, 0.15) is 0 Å². The Balaban J connectivity index is 1.76. The van der Waals surface area contributed by atoms with Crippen molar-refractivity contribution in [3.8, 4) is 11.4 Å². The first-order valence-corrected chi connectivity index (χ1v) is 7.63. The van der Waals surface area contributed by atoms with E-state index in [4.69, 9.17) is 5.73 Å². The maximum atomic E-state index is 5.98. The summed E-state index contributed by atoms with van der Waals surface area (Å²) in [6.07, 6.45) is 0. The molecule has 8 nitrogen and oxygen atoms in total. The number of aromatic amines is 1. The van der Waals surface area contributed by atoms with Gasteiger partial charge in [0.25, 0.3) is 0 Å². The standard InChI is InChI=1S/C15H18N8/c1-9-11-8-10(2-3-12(11)20-19-9)14-18-15(13(16)21-22-14)23-6-4-17-5-7-23/h2-3,8,17H,4-7H2,1H3,(H2,16,21)(H,19,20). The molecule has 0 spiro atoms. The predicted molar refractivity (Wildman–Crippen MR) is 89.1 cm³/mol. The third-order valence-corrected chi connectivity index (χ3v) is 4.12. The molecule has 0 bridgehead atoms. The molecule has 0 amide bonds. The molecule has 4 rings (SSSR count). The molecule has 0 radical (unpaired) electrons. The third kappa shape index (κ3) is 2.46. The summed E-state index contributed by atoms with van der Waals surface area (Å²) in [6.45, 7) is 5.53. The second kappa shape index (κ2) is 5.47. The summed E-state index contributed by atoms with van der Waals surface area (Å²) in [4.78, 5) is 6.80. The van der Waals surface area contributed by atoms with Crippen LogP contribution in [0.5, 0.6) is 0 Å². The minimum Gasteiger partial charge on any atom is -0.379 e. The lowest BCUT2D eigenvalue weighted by Gasteiger charge is -2.28. The Bertz CT molecular complexity index is 850. The summed E-state index contributed by atoms with van der Waals surface area (Å²) in [7, 11) is 0. The predicted octanol–water partition coefficient (Wildman–Crippen LogP) is 0.715. The van der Waals surface area contributed by atoms with Crippen molar-refractivity contribution in [2.24, 2.45) is 0 Å². The summed E-state index contributed by atoms with van der Waals surface area (Å²) in [5, 5.41) is 19.9. The van der Waals surface area contributed by atoms with E-state index in [1.54, 1.807) is 0 Å². The molecule has 3 heterocycles. The first kappa shape index (κ1) is 13.9. The van der Waals surface area contributed by atoms with Crippen LogP contribution in [0.3, 0.4) is 0 Å². The Labute approximate surface area is 133 Å². The van der Waals surface area contributed by atoms with Crippen molar-refractivity contribution in [2.45, 2.75) is 6.92 Å². The van der Waals surface area contributed by atoms with Crippen LogP contribution in [0.2, 0.25) is 0 Å². The fourth-order valence-electron chi connectivity index (χ4n) is 2.84. The third-order valence-electron chi connectivity index (χ3n) is 4.12. The van der Waals surface area contributed by atoms with Gasteiger partial charge in [-0.3, -0.25) is 5.10 Å². The Hall–Kier alpha value is -2.74. The number of hydrogen-bond donors (Lipinski definition) is 3. The van der Waals surface area contributed by atoms with Gasteiger partial charge in [0.05, 0.1) is 11.2 Å². The van der Waals surface area contributed by atoms with Gasteiger partial charge in [-0.25, -0.2) is 4.98 Å². The van der Waals surface area contributed by atoms with Gasteiger partial charge in [-0.15, -0.1) is 10.2 Å². The summed E-state index contributed by atoms with van der Waals surface area (Å²) < 4.78 is 0. The fraction of sp³-hybridized carbons (Fsp3) is 0.333. The number of benzene rings is 1. The second-order valence-electron chi connectivity index (χ2n) is 5.65. The molecule has 23 heavy (non-hydrogen) atoms. The number of nitrogens with two attached hydrogens (primary N) is 1. The lowest BCUT2D eigenvalue weighted by molar-refractivity contribution is 0.584. The molecule has 1 fully saturated rings. The topological polar surface area (TPSA) is 109 Å². The van der Waals surface area contributed by atoms with Crippen molar-refractivity contribution in [1.29, 1.82) is 0 Å². The summed E-state index contributed by atoms with van der Waals surface area (Å²) >= 11 is 0. The van der Waals surface area contributed by atoms with Crippen LogP contribution in [0.1, 0.15) is 5.69 Å². The minimum absolute atomic E-state index is 0.371. The van der Waals surface area contributed by atoms with Crippen molar-refractivity contribution < 1.29 is 0 Å².